The van der Waals surface area contributed by atoms with Crippen molar-refractivity contribution in [3.05, 3.63) is 0 Å². The van der Waals surface area contributed by atoms with Crippen LogP contribution in [0.3, 0.4) is 0 Å². The SMILES string of the molecule is CC1CC2C(=O)CCC12. The van der Waals surface area contributed by atoms with Crippen LogP contribution in [0.4, 0.5) is 0 Å². The van der Waals surface area contributed by atoms with Gasteiger partial charge in [-0.2, -0.15) is 0 Å². The summed E-state index contributed by atoms with van der Waals surface area (Å²) in [6.45, 7) is 2.26. The molecule has 0 spiro atoms. The third kappa shape index (κ3) is 0.577. The van der Waals surface area contributed by atoms with Gasteiger partial charge in [-0.15, -0.1) is 0 Å². The number of Topliss-reactive ketones (excluding diaryl/α,β-unsaturated/α-hetero) is 1. The van der Waals surface area contributed by atoms with E-state index in [0.29, 0.717) is 11.7 Å². The van der Waals surface area contributed by atoms with Gasteiger partial charge in [-0.3, -0.25) is 4.79 Å². The molecule has 2 aliphatic carbocycles. The molecule has 0 saturated heterocycles. The Morgan fingerprint density at radius 3 is 2.78 bits per heavy atom. The normalized spacial score (nSPS) is 48.6. The summed E-state index contributed by atoms with van der Waals surface area (Å²) in [5.41, 5.74) is 0. The summed E-state index contributed by atoms with van der Waals surface area (Å²) in [6.07, 6.45) is 3.24. The summed E-state index contributed by atoms with van der Waals surface area (Å²) in [4.78, 5) is 11.0. The lowest BCUT2D eigenvalue weighted by atomic mass is 9.67. The largest absolute Gasteiger partial charge is 0.299 e. The molecule has 2 saturated carbocycles. The Morgan fingerprint density at radius 2 is 2.33 bits per heavy atom. The molecule has 50 valence electrons. The van der Waals surface area contributed by atoms with Gasteiger partial charge >= 0.3 is 0 Å². The van der Waals surface area contributed by atoms with Crippen LogP contribution < -0.4 is 0 Å². The van der Waals surface area contributed by atoms with Crippen molar-refractivity contribution in [1.29, 1.82) is 0 Å². The Labute approximate surface area is 55.4 Å². The van der Waals surface area contributed by atoms with E-state index in [1.807, 2.05) is 0 Å². The lowest BCUT2D eigenvalue weighted by Gasteiger charge is -2.36. The highest BCUT2D eigenvalue weighted by atomic mass is 16.1. The molecule has 0 heterocycles. The van der Waals surface area contributed by atoms with Crippen LogP contribution in [0.25, 0.3) is 0 Å². The molecule has 0 radical (unpaired) electrons. The first kappa shape index (κ1) is 5.45. The number of hydrogen-bond donors (Lipinski definition) is 0. The standard InChI is InChI=1S/C8H12O/c1-5-4-7-6(5)2-3-8(7)9/h5-7H,2-4H2,1H3. The quantitative estimate of drug-likeness (QED) is 0.479. The van der Waals surface area contributed by atoms with Gasteiger partial charge in [0.15, 0.2) is 0 Å². The van der Waals surface area contributed by atoms with E-state index in [0.717, 1.165) is 18.3 Å². The van der Waals surface area contributed by atoms with E-state index in [9.17, 15) is 4.79 Å². The second kappa shape index (κ2) is 1.59. The molecular formula is C8H12O. The minimum absolute atomic E-state index is 0.500. The molecule has 0 aromatic carbocycles. The fourth-order valence-corrected chi connectivity index (χ4v) is 2.30. The van der Waals surface area contributed by atoms with E-state index in [-0.39, 0.29) is 0 Å². The zero-order valence-electron chi connectivity index (χ0n) is 5.76. The van der Waals surface area contributed by atoms with Crippen molar-refractivity contribution in [2.45, 2.75) is 26.2 Å². The third-order valence-corrected chi connectivity index (χ3v) is 3.01. The van der Waals surface area contributed by atoms with Gasteiger partial charge in [0.2, 0.25) is 0 Å². The molecule has 1 heteroatoms. The maximum absolute atomic E-state index is 11.0. The van der Waals surface area contributed by atoms with Crippen LogP contribution in [0.15, 0.2) is 0 Å². The molecule has 0 N–H and O–H groups in total. The van der Waals surface area contributed by atoms with Gasteiger partial charge < -0.3 is 0 Å². The first-order chi connectivity index (χ1) is 4.29. The van der Waals surface area contributed by atoms with Crippen molar-refractivity contribution in [3.8, 4) is 0 Å². The molecule has 9 heavy (non-hydrogen) atoms. The van der Waals surface area contributed by atoms with Gasteiger partial charge in [0, 0.05) is 12.3 Å². The van der Waals surface area contributed by atoms with E-state index in [4.69, 9.17) is 0 Å². The third-order valence-electron chi connectivity index (χ3n) is 3.01. The van der Waals surface area contributed by atoms with Gasteiger partial charge in [0.25, 0.3) is 0 Å². The number of hydrogen-bond acceptors (Lipinski definition) is 1. The van der Waals surface area contributed by atoms with E-state index < -0.39 is 0 Å². The van der Waals surface area contributed by atoms with Crippen LogP contribution in [-0.2, 0) is 4.79 Å². The fourth-order valence-electron chi connectivity index (χ4n) is 2.30. The fraction of sp³-hybridized carbons (Fsp3) is 0.875. The Bertz CT molecular complexity index is 151. The highest BCUT2D eigenvalue weighted by Gasteiger charge is 2.46. The molecule has 3 atom stereocenters. The van der Waals surface area contributed by atoms with E-state index in [2.05, 4.69) is 6.92 Å². The minimum Gasteiger partial charge on any atom is -0.299 e. The number of carbonyl (C=O) groups is 1. The summed E-state index contributed by atoms with van der Waals surface area (Å²) in [6, 6.07) is 0. The summed E-state index contributed by atoms with van der Waals surface area (Å²) in [5.74, 6) is 2.68. The Morgan fingerprint density at radius 1 is 1.56 bits per heavy atom. The Hall–Kier alpha value is -0.330. The molecule has 1 nitrogen and oxygen atoms in total. The minimum atomic E-state index is 0.500. The zero-order chi connectivity index (χ0) is 6.43. The number of fused-ring (bicyclic) bond motifs is 1. The van der Waals surface area contributed by atoms with Gasteiger partial charge in [0.05, 0.1) is 0 Å². The predicted molar refractivity (Wildman–Crippen MR) is 35.0 cm³/mol. The summed E-state index contributed by atoms with van der Waals surface area (Å²) in [5, 5.41) is 0. The van der Waals surface area contributed by atoms with Crippen molar-refractivity contribution in [2.24, 2.45) is 17.8 Å². The van der Waals surface area contributed by atoms with E-state index in [1.165, 1.54) is 12.8 Å². The van der Waals surface area contributed by atoms with Crippen molar-refractivity contribution < 1.29 is 4.79 Å². The van der Waals surface area contributed by atoms with Crippen LogP contribution in [0.2, 0.25) is 0 Å². The van der Waals surface area contributed by atoms with Gasteiger partial charge in [-0.25, -0.2) is 0 Å². The molecule has 3 unspecified atom stereocenters. The number of carbonyl (C=O) groups excluding carboxylic acids is 1. The van der Waals surface area contributed by atoms with Gasteiger partial charge in [-0.05, 0) is 24.7 Å². The average Bonchev–Trinajstić information content (AvgIpc) is 2.07. The molecule has 0 aromatic rings. The topological polar surface area (TPSA) is 17.1 Å². The lowest BCUT2D eigenvalue weighted by molar-refractivity contribution is -0.124. The first-order valence-electron chi connectivity index (χ1n) is 3.82. The predicted octanol–water partition coefficient (Wildman–Crippen LogP) is 1.62. The lowest BCUT2D eigenvalue weighted by Crippen LogP contribution is -2.33. The van der Waals surface area contributed by atoms with Crippen LogP contribution >= 0.6 is 0 Å². The highest BCUT2D eigenvalue weighted by Crippen LogP contribution is 2.48. The van der Waals surface area contributed by atoms with Gasteiger partial charge in [-0.1, -0.05) is 6.92 Å². The van der Waals surface area contributed by atoms with Crippen LogP contribution in [0.5, 0.6) is 0 Å². The molecule has 0 bridgehead atoms. The zero-order valence-corrected chi connectivity index (χ0v) is 5.76. The van der Waals surface area contributed by atoms with Crippen LogP contribution in [0.1, 0.15) is 26.2 Å². The molecule has 0 amide bonds. The molecular weight excluding hydrogens is 112 g/mol. The van der Waals surface area contributed by atoms with Crippen LogP contribution in [0, 0.1) is 17.8 Å². The molecule has 2 fully saturated rings. The maximum Gasteiger partial charge on any atom is 0.136 e. The van der Waals surface area contributed by atoms with Crippen molar-refractivity contribution in [2.75, 3.05) is 0 Å². The molecule has 0 aliphatic heterocycles. The van der Waals surface area contributed by atoms with Crippen molar-refractivity contribution >= 4 is 5.78 Å². The van der Waals surface area contributed by atoms with Crippen molar-refractivity contribution in [1.82, 2.24) is 0 Å². The maximum atomic E-state index is 11.0. The summed E-state index contributed by atoms with van der Waals surface area (Å²) < 4.78 is 0. The molecule has 2 aliphatic rings. The van der Waals surface area contributed by atoms with Crippen molar-refractivity contribution in [3.63, 3.8) is 0 Å². The summed E-state index contributed by atoms with van der Waals surface area (Å²) >= 11 is 0. The smallest absolute Gasteiger partial charge is 0.136 e. The Kier molecular flexibility index (Phi) is 0.961. The van der Waals surface area contributed by atoms with Crippen LogP contribution in [-0.4, -0.2) is 5.78 Å². The monoisotopic (exact) mass is 124 g/mol. The number of ketones is 1. The van der Waals surface area contributed by atoms with E-state index >= 15 is 0 Å². The highest BCUT2D eigenvalue weighted by molar-refractivity contribution is 5.84. The van der Waals surface area contributed by atoms with E-state index in [1.54, 1.807) is 0 Å². The summed E-state index contributed by atoms with van der Waals surface area (Å²) in [7, 11) is 0. The Balaban J connectivity index is 2.11. The molecule has 0 aromatic heterocycles. The first-order valence-corrected chi connectivity index (χ1v) is 3.82. The second-order valence-corrected chi connectivity index (χ2v) is 3.49. The van der Waals surface area contributed by atoms with Gasteiger partial charge in [0.1, 0.15) is 5.78 Å². The second-order valence-electron chi connectivity index (χ2n) is 3.49. The number of rotatable bonds is 0. The molecule has 2 rings (SSSR count). The average molecular weight is 124 g/mol.